The molecule has 466 valence electrons. The fourth-order valence-corrected chi connectivity index (χ4v) is 9.85. The lowest BCUT2D eigenvalue weighted by molar-refractivity contribution is -0.167. The summed E-state index contributed by atoms with van der Waals surface area (Å²) in [6, 6.07) is 0. The van der Waals surface area contributed by atoms with E-state index in [9.17, 15) is 14.4 Å². The number of carbonyl (C=O) groups excluding carboxylic acids is 3. The molecule has 0 aliphatic heterocycles. The molecule has 0 aromatic carbocycles. The number of ether oxygens (including phenoxy) is 3. The molecule has 6 heteroatoms. The Labute approximate surface area is 502 Å². The van der Waals surface area contributed by atoms with Crippen LogP contribution in [-0.2, 0) is 28.6 Å². The first-order chi connectivity index (χ1) is 40.0. The van der Waals surface area contributed by atoms with Gasteiger partial charge >= 0.3 is 17.9 Å². The number of hydrogen-bond donors (Lipinski definition) is 0. The minimum atomic E-state index is -0.785. The first kappa shape index (κ1) is 77.3. The third-order valence-electron chi connectivity index (χ3n) is 15.0. The van der Waals surface area contributed by atoms with E-state index in [-0.39, 0.29) is 31.1 Å². The second kappa shape index (κ2) is 68.8. The molecular weight excluding hydrogens is 997 g/mol. The number of unbranched alkanes of at least 4 members (excludes halogenated alkanes) is 36. The molecule has 0 bridgehead atoms. The molecule has 0 saturated carbocycles. The SMILES string of the molecule is CC/C=C\C/C=C\C/C=C\C/C=C\C/C=C\C/C=C\CCCCCCCCCCCCC(=O)OCC(COC(=O)CCCCCCC/C=C\CCCCCC)OC(=O)CCCCCCCCCCC/C=C\CCCCCCCCCC. The van der Waals surface area contributed by atoms with Gasteiger partial charge in [-0.1, -0.05) is 298 Å². The summed E-state index contributed by atoms with van der Waals surface area (Å²) in [5.41, 5.74) is 0. The number of rotatable bonds is 63. The molecule has 0 spiro atoms. The second-order valence-corrected chi connectivity index (χ2v) is 23.1. The van der Waals surface area contributed by atoms with Crippen LogP contribution in [0.5, 0.6) is 0 Å². The molecule has 81 heavy (non-hydrogen) atoms. The molecule has 0 aromatic rings. The Morgan fingerprint density at radius 2 is 0.481 bits per heavy atom. The highest BCUT2D eigenvalue weighted by Crippen LogP contribution is 2.17. The minimum absolute atomic E-state index is 0.0813. The monoisotopic (exact) mass is 1130 g/mol. The van der Waals surface area contributed by atoms with Gasteiger partial charge in [-0.15, -0.1) is 0 Å². The first-order valence-corrected chi connectivity index (χ1v) is 34.7. The van der Waals surface area contributed by atoms with Crippen molar-refractivity contribution in [3.63, 3.8) is 0 Å². The Morgan fingerprint density at radius 1 is 0.259 bits per heavy atom. The number of esters is 3. The van der Waals surface area contributed by atoms with Crippen molar-refractivity contribution in [2.45, 2.75) is 348 Å². The van der Waals surface area contributed by atoms with E-state index < -0.39 is 6.10 Å². The maximum atomic E-state index is 12.9. The van der Waals surface area contributed by atoms with Crippen LogP contribution in [0.25, 0.3) is 0 Å². The Balaban J connectivity index is 4.29. The van der Waals surface area contributed by atoms with Crippen LogP contribution in [0.2, 0.25) is 0 Å². The first-order valence-electron chi connectivity index (χ1n) is 34.7. The van der Waals surface area contributed by atoms with Crippen molar-refractivity contribution in [3.8, 4) is 0 Å². The number of allylic oxidation sites excluding steroid dienone is 16. The highest BCUT2D eigenvalue weighted by Gasteiger charge is 2.19. The molecule has 0 aliphatic rings. The molecule has 1 atom stereocenters. The molecule has 0 radical (unpaired) electrons. The summed E-state index contributed by atoms with van der Waals surface area (Å²) in [5, 5.41) is 0. The predicted molar refractivity (Wildman–Crippen MR) is 353 cm³/mol. The normalized spacial score (nSPS) is 12.7. The standard InChI is InChI=1S/C75H130O6/c1-4-7-10-13-16-19-22-25-27-29-31-33-34-35-36-37-38-39-40-42-43-45-47-50-53-56-59-62-65-68-74(77)80-71-72(70-79-73(76)67-64-61-58-55-52-49-24-21-18-15-12-9-6-3)81-75(78)69-66-63-60-57-54-51-48-46-44-41-32-30-28-26-23-20-17-14-11-8-5-2/h7,10,16,19,21,24-25,27,30-33,35-36,38-39,72H,4-6,8-9,11-15,17-18,20,22-23,26,28-29,34,37,40-71H2,1-3H3/b10-7-,19-16-,24-21-,27-25-,32-30-,33-31-,36-35-,39-38-. The van der Waals surface area contributed by atoms with Gasteiger partial charge in [-0.3, -0.25) is 14.4 Å². The summed E-state index contributed by atoms with van der Waals surface area (Å²) in [4.78, 5) is 38.4. The van der Waals surface area contributed by atoms with Gasteiger partial charge in [0, 0.05) is 19.3 Å². The van der Waals surface area contributed by atoms with E-state index in [1.807, 2.05) is 0 Å². The van der Waals surface area contributed by atoms with Gasteiger partial charge in [0.05, 0.1) is 0 Å². The summed E-state index contributed by atoms with van der Waals surface area (Å²) in [6.45, 7) is 6.54. The predicted octanol–water partition coefficient (Wildman–Crippen LogP) is 24.0. The van der Waals surface area contributed by atoms with Crippen LogP contribution in [-0.4, -0.2) is 37.2 Å². The van der Waals surface area contributed by atoms with E-state index in [1.165, 1.54) is 199 Å². The Kier molecular flexibility index (Phi) is 65.7. The van der Waals surface area contributed by atoms with Crippen LogP contribution >= 0.6 is 0 Å². The van der Waals surface area contributed by atoms with Crippen LogP contribution in [0, 0.1) is 0 Å². The summed E-state index contributed by atoms with van der Waals surface area (Å²) in [5.74, 6) is -0.882. The van der Waals surface area contributed by atoms with E-state index in [2.05, 4.69) is 118 Å². The van der Waals surface area contributed by atoms with Crippen molar-refractivity contribution >= 4 is 17.9 Å². The molecule has 0 rings (SSSR count). The van der Waals surface area contributed by atoms with Gasteiger partial charge in [0.1, 0.15) is 13.2 Å². The van der Waals surface area contributed by atoms with Crippen molar-refractivity contribution < 1.29 is 28.6 Å². The lowest BCUT2D eigenvalue weighted by Crippen LogP contribution is -2.30. The Hall–Kier alpha value is -3.67. The van der Waals surface area contributed by atoms with Crippen LogP contribution in [0.4, 0.5) is 0 Å². The van der Waals surface area contributed by atoms with Crippen LogP contribution in [0.3, 0.4) is 0 Å². The molecule has 0 saturated heterocycles. The third-order valence-corrected chi connectivity index (χ3v) is 15.0. The van der Waals surface area contributed by atoms with Gasteiger partial charge < -0.3 is 14.2 Å². The van der Waals surface area contributed by atoms with Crippen molar-refractivity contribution in [2.24, 2.45) is 0 Å². The molecule has 0 heterocycles. The summed E-state index contributed by atoms with van der Waals surface area (Å²) in [6.07, 6.45) is 92.8. The quantitative estimate of drug-likeness (QED) is 0.0261. The molecule has 0 N–H and O–H groups in total. The zero-order chi connectivity index (χ0) is 58.5. The largest absolute Gasteiger partial charge is 0.462 e. The average Bonchev–Trinajstić information content (AvgIpc) is 3.46. The lowest BCUT2D eigenvalue weighted by atomic mass is 10.0. The molecule has 0 amide bonds. The van der Waals surface area contributed by atoms with E-state index in [4.69, 9.17) is 14.2 Å². The minimum Gasteiger partial charge on any atom is -0.462 e. The number of carbonyl (C=O) groups is 3. The second-order valence-electron chi connectivity index (χ2n) is 23.1. The van der Waals surface area contributed by atoms with Gasteiger partial charge in [0.25, 0.3) is 0 Å². The average molecular weight is 1130 g/mol. The topological polar surface area (TPSA) is 78.9 Å². The van der Waals surface area contributed by atoms with Gasteiger partial charge in [0.15, 0.2) is 6.10 Å². The van der Waals surface area contributed by atoms with Crippen LogP contribution in [0.15, 0.2) is 97.2 Å². The lowest BCUT2D eigenvalue weighted by Gasteiger charge is -2.18. The molecule has 6 nitrogen and oxygen atoms in total. The fourth-order valence-electron chi connectivity index (χ4n) is 9.85. The highest BCUT2D eigenvalue weighted by molar-refractivity contribution is 5.71. The maximum absolute atomic E-state index is 12.9. The van der Waals surface area contributed by atoms with Crippen molar-refractivity contribution in [1.82, 2.24) is 0 Å². The van der Waals surface area contributed by atoms with E-state index in [0.29, 0.717) is 19.3 Å². The van der Waals surface area contributed by atoms with E-state index >= 15 is 0 Å². The number of hydrogen-bond acceptors (Lipinski definition) is 6. The van der Waals surface area contributed by atoms with E-state index in [0.717, 1.165) is 103 Å². The molecule has 1 unspecified atom stereocenters. The Morgan fingerprint density at radius 3 is 0.778 bits per heavy atom. The van der Waals surface area contributed by atoms with Crippen molar-refractivity contribution in [3.05, 3.63) is 97.2 Å². The Bertz CT molecular complexity index is 1580. The maximum Gasteiger partial charge on any atom is 0.306 e. The fraction of sp³-hybridized carbons (Fsp3) is 0.747. The third kappa shape index (κ3) is 67.0. The highest BCUT2D eigenvalue weighted by atomic mass is 16.6. The molecule has 0 aliphatic carbocycles. The zero-order valence-electron chi connectivity index (χ0n) is 53.5. The summed E-state index contributed by atoms with van der Waals surface area (Å²) in [7, 11) is 0. The van der Waals surface area contributed by atoms with Gasteiger partial charge in [-0.2, -0.15) is 0 Å². The van der Waals surface area contributed by atoms with Crippen LogP contribution in [0.1, 0.15) is 342 Å². The zero-order valence-corrected chi connectivity index (χ0v) is 53.5. The molecule has 0 aromatic heterocycles. The van der Waals surface area contributed by atoms with Crippen molar-refractivity contribution in [1.29, 1.82) is 0 Å². The molecular formula is C75H130O6. The van der Waals surface area contributed by atoms with Crippen LogP contribution < -0.4 is 0 Å². The van der Waals surface area contributed by atoms with Gasteiger partial charge in [0.2, 0.25) is 0 Å². The van der Waals surface area contributed by atoms with Gasteiger partial charge in [-0.05, 0) is 122 Å². The molecule has 0 fully saturated rings. The van der Waals surface area contributed by atoms with Crippen molar-refractivity contribution in [2.75, 3.05) is 13.2 Å². The summed E-state index contributed by atoms with van der Waals surface area (Å²) >= 11 is 0. The summed E-state index contributed by atoms with van der Waals surface area (Å²) < 4.78 is 17.0. The van der Waals surface area contributed by atoms with E-state index in [1.54, 1.807) is 0 Å². The van der Waals surface area contributed by atoms with Gasteiger partial charge in [-0.25, -0.2) is 0 Å². The smallest absolute Gasteiger partial charge is 0.306 e.